The summed E-state index contributed by atoms with van der Waals surface area (Å²) < 4.78 is 7.88. The van der Waals surface area contributed by atoms with Gasteiger partial charge in [-0.25, -0.2) is 14.0 Å². The molecule has 1 aromatic heterocycles. The third-order valence-electron chi connectivity index (χ3n) is 4.17. The summed E-state index contributed by atoms with van der Waals surface area (Å²) in [7, 11) is 3.06. The summed E-state index contributed by atoms with van der Waals surface area (Å²) in [5.41, 5.74) is 4.11. The van der Waals surface area contributed by atoms with Crippen molar-refractivity contribution in [3.63, 3.8) is 0 Å². The molecule has 27 heavy (non-hydrogen) atoms. The summed E-state index contributed by atoms with van der Waals surface area (Å²) in [5.74, 6) is 0. The molecular weight excluding hydrogens is 344 g/mol. The maximum absolute atomic E-state index is 12.4. The van der Waals surface area contributed by atoms with E-state index < -0.39 is 0 Å². The van der Waals surface area contributed by atoms with Crippen molar-refractivity contribution in [2.24, 2.45) is 12.2 Å². The monoisotopic (exact) mass is 366 g/mol. The molecule has 0 amide bonds. The average molecular weight is 366 g/mol. The van der Waals surface area contributed by atoms with Gasteiger partial charge in [0.2, 0.25) is 0 Å². The number of aryl methyl sites for hydroxylation is 2. The van der Waals surface area contributed by atoms with Crippen molar-refractivity contribution in [2.45, 2.75) is 20.5 Å². The Kier molecular flexibility index (Phi) is 5.40. The van der Waals surface area contributed by atoms with Crippen LogP contribution < -0.4 is 10.4 Å². The first kappa shape index (κ1) is 18.4. The number of benzene rings is 2. The molecule has 0 aliphatic heterocycles. The topological polar surface area (TPSA) is 70.6 Å². The van der Waals surface area contributed by atoms with Crippen molar-refractivity contribution < 1.29 is 9.57 Å². The van der Waals surface area contributed by atoms with Crippen LogP contribution in [0, 0.1) is 6.92 Å². The van der Waals surface area contributed by atoms with Crippen LogP contribution in [0.2, 0.25) is 0 Å². The third-order valence-corrected chi connectivity index (χ3v) is 4.17. The lowest BCUT2D eigenvalue weighted by Gasteiger charge is -2.10. The second-order valence-electron chi connectivity index (χ2n) is 6.18. The number of hydrogen-bond acceptors (Lipinski definition) is 5. The van der Waals surface area contributed by atoms with E-state index in [1.807, 2.05) is 56.3 Å². The third kappa shape index (κ3) is 3.92. The average Bonchev–Trinajstić information content (AvgIpc) is 2.96. The highest BCUT2D eigenvalue weighted by molar-refractivity contribution is 5.98. The van der Waals surface area contributed by atoms with Crippen molar-refractivity contribution in [1.82, 2.24) is 14.3 Å². The standard InChI is InChI=1S/C20H22N4O3/c1-14-8-7-10-16(12-14)15(2)22-27-13-17-9-5-6-11-18(17)24-19(26-4)21-23(3)20(24)25/h5-12H,13H2,1-4H3/b22-15+. The van der Waals surface area contributed by atoms with Gasteiger partial charge in [-0.15, -0.1) is 5.10 Å². The molecule has 0 fully saturated rings. The Hall–Kier alpha value is -3.35. The fourth-order valence-electron chi connectivity index (χ4n) is 2.75. The van der Waals surface area contributed by atoms with Crippen molar-refractivity contribution >= 4 is 5.71 Å². The summed E-state index contributed by atoms with van der Waals surface area (Å²) in [4.78, 5) is 18.0. The molecule has 0 radical (unpaired) electrons. The van der Waals surface area contributed by atoms with Gasteiger partial charge in [0.25, 0.3) is 0 Å². The van der Waals surface area contributed by atoms with Gasteiger partial charge in [0.15, 0.2) is 0 Å². The summed E-state index contributed by atoms with van der Waals surface area (Å²) in [6.45, 7) is 4.14. The van der Waals surface area contributed by atoms with Gasteiger partial charge in [0, 0.05) is 12.6 Å². The number of aromatic nitrogens is 3. The Bertz CT molecular complexity index is 1030. The van der Waals surface area contributed by atoms with Crippen molar-refractivity contribution in [3.8, 4) is 11.7 Å². The smallest absolute Gasteiger partial charge is 0.353 e. The summed E-state index contributed by atoms with van der Waals surface area (Å²) in [6.07, 6.45) is 0. The molecule has 7 heteroatoms. The highest BCUT2D eigenvalue weighted by atomic mass is 16.6. The van der Waals surface area contributed by atoms with Crippen LogP contribution in [0.25, 0.3) is 5.69 Å². The predicted octanol–water partition coefficient (Wildman–Crippen LogP) is 2.83. The highest BCUT2D eigenvalue weighted by Crippen LogP contribution is 2.18. The zero-order chi connectivity index (χ0) is 19.4. The molecule has 0 unspecified atom stereocenters. The molecule has 1 heterocycles. The zero-order valence-electron chi connectivity index (χ0n) is 15.8. The molecule has 3 aromatic rings. The van der Waals surface area contributed by atoms with E-state index >= 15 is 0 Å². The van der Waals surface area contributed by atoms with Crippen LogP contribution in [0.4, 0.5) is 0 Å². The van der Waals surface area contributed by atoms with Gasteiger partial charge in [-0.1, -0.05) is 53.2 Å². The van der Waals surface area contributed by atoms with E-state index in [0.717, 1.165) is 22.4 Å². The minimum absolute atomic E-state index is 0.212. The van der Waals surface area contributed by atoms with E-state index in [-0.39, 0.29) is 18.3 Å². The van der Waals surface area contributed by atoms with Crippen LogP contribution in [0.5, 0.6) is 6.01 Å². The molecule has 140 valence electrons. The lowest BCUT2D eigenvalue weighted by molar-refractivity contribution is 0.130. The van der Waals surface area contributed by atoms with Gasteiger partial charge in [-0.05, 0) is 25.5 Å². The fourth-order valence-corrected chi connectivity index (χ4v) is 2.75. The fraction of sp³-hybridized carbons (Fsp3) is 0.250. The van der Waals surface area contributed by atoms with Crippen LogP contribution in [-0.4, -0.2) is 27.2 Å². The Labute approximate surface area is 157 Å². The molecule has 0 N–H and O–H groups in total. The number of ether oxygens (including phenoxy) is 1. The molecule has 2 aromatic carbocycles. The molecule has 0 saturated heterocycles. The number of rotatable bonds is 6. The molecule has 3 rings (SSSR count). The normalized spacial score (nSPS) is 11.5. The lowest BCUT2D eigenvalue weighted by atomic mass is 10.1. The van der Waals surface area contributed by atoms with Crippen molar-refractivity contribution in [1.29, 1.82) is 0 Å². The molecule has 0 spiro atoms. The first-order valence-electron chi connectivity index (χ1n) is 8.53. The van der Waals surface area contributed by atoms with Gasteiger partial charge in [-0.2, -0.15) is 0 Å². The van der Waals surface area contributed by atoms with Gasteiger partial charge in [0.05, 0.1) is 18.5 Å². The summed E-state index contributed by atoms with van der Waals surface area (Å²) in [5, 5.41) is 8.29. The summed E-state index contributed by atoms with van der Waals surface area (Å²) in [6, 6.07) is 15.7. The molecule has 0 atom stereocenters. The predicted molar refractivity (Wildman–Crippen MR) is 104 cm³/mol. The minimum atomic E-state index is -0.293. The van der Waals surface area contributed by atoms with Gasteiger partial charge in [-0.3, -0.25) is 0 Å². The van der Waals surface area contributed by atoms with Gasteiger partial charge in [0.1, 0.15) is 6.61 Å². The van der Waals surface area contributed by atoms with E-state index in [9.17, 15) is 4.79 Å². The summed E-state index contributed by atoms with van der Waals surface area (Å²) >= 11 is 0. The Morgan fingerprint density at radius 2 is 1.96 bits per heavy atom. The maximum Gasteiger partial charge on any atom is 0.353 e. The van der Waals surface area contributed by atoms with Crippen molar-refractivity contribution in [2.75, 3.05) is 7.11 Å². The van der Waals surface area contributed by atoms with Crippen LogP contribution in [0.15, 0.2) is 58.5 Å². The number of methoxy groups -OCH3 is 1. The lowest BCUT2D eigenvalue weighted by Crippen LogP contribution is -2.22. The van der Waals surface area contributed by atoms with Crippen molar-refractivity contribution in [3.05, 3.63) is 75.7 Å². The van der Waals surface area contributed by atoms with Crippen LogP contribution in [0.1, 0.15) is 23.6 Å². The number of hydrogen-bond donors (Lipinski definition) is 0. The first-order chi connectivity index (χ1) is 13.0. The molecular formula is C20H22N4O3. The largest absolute Gasteiger partial charge is 0.467 e. The second kappa shape index (κ2) is 7.90. The Morgan fingerprint density at radius 3 is 2.70 bits per heavy atom. The van der Waals surface area contributed by atoms with E-state index in [1.54, 1.807) is 7.05 Å². The number of oxime groups is 1. The highest BCUT2D eigenvalue weighted by Gasteiger charge is 2.16. The van der Waals surface area contributed by atoms with Crippen LogP contribution in [0.3, 0.4) is 0 Å². The molecule has 0 aliphatic carbocycles. The molecule has 7 nitrogen and oxygen atoms in total. The Morgan fingerprint density at radius 1 is 1.19 bits per heavy atom. The number of nitrogens with zero attached hydrogens (tertiary/aromatic N) is 4. The SMILES string of the molecule is COc1nn(C)c(=O)n1-c1ccccc1CO/N=C(\C)c1cccc(C)c1. The van der Waals surface area contributed by atoms with E-state index in [4.69, 9.17) is 9.57 Å². The maximum atomic E-state index is 12.4. The second-order valence-corrected chi connectivity index (χ2v) is 6.18. The number of para-hydroxylation sites is 1. The van der Waals surface area contributed by atoms with Gasteiger partial charge >= 0.3 is 11.7 Å². The minimum Gasteiger partial charge on any atom is -0.467 e. The first-order valence-corrected chi connectivity index (χ1v) is 8.53. The Balaban J connectivity index is 1.86. The van der Waals surface area contributed by atoms with Crippen LogP contribution in [-0.2, 0) is 18.5 Å². The van der Waals surface area contributed by atoms with E-state index in [2.05, 4.69) is 16.3 Å². The van der Waals surface area contributed by atoms with Crippen LogP contribution >= 0.6 is 0 Å². The molecule has 0 aliphatic rings. The quantitative estimate of drug-likeness (QED) is 0.497. The molecule has 0 bridgehead atoms. The zero-order valence-corrected chi connectivity index (χ0v) is 15.8. The molecule has 0 saturated carbocycles. The van der Waals surface area contributed by atoms with E-state index in [1.165, 1.54) is 16.4 Å². The van der Waals surface area contributed by atoms with E-state index in [0.29, 0.717) is 5.69 Å². The van der Waals surface area contributed by atoms with Gasteiger partial charge < -0.3 is 9.57 Å².